The Morgan fingerprint density at radius 3 is 2.64 bits per heavy atom. The van der Waals surface area contributed by atoms with Crippen LogP contribution in [0.5, 0.6) is 11.5 Å². The van der Waals surface area contributed by atoms with Gasteiger partial charge in [0.25, 0.3) is 0 Å². The molecule has 116 valence electrons. The third kappa shape index (κ3) is 3.66. The molecule has 0 amide bonds. The monoisotopic (exact) mass is 312 g/mol. The Bertz CT molecular complexity index is 767. The third-order valence-corrected chi connectivity index (χ3v) is 2.72. The Labute approximate surface area is 122 Å². The highest BCUT2D eigenvalue weighted by molar-refractivity contribution is 5.69. The summed E-state index contributed by atoms with van der Waals surface area (Å²) in [6.07, 6.45) is -1.95. The highest BCUT2D eigenvalue weighted by atomic mass is 19.4. The summed E-state index contributed by atoms with van der Waals surface area (Å²) < 4.78 is 42.7. The second-order valence-corrected chi connectivity index (χ2v) is 4.29. The minimum atomic E-state index is -4.66. The Hall–Kier alpha value is -2.77. The van der Waals surface area contributed by atoms with Crippen molar-refractivity contribution in [2.24, 2.45) is 0 Å². The molecule has 5 nitrogen and oxygen atoms in total. The van der Waals surface area contributed by atoms with Gasteiger partial charge in [0.15, 0.2) is 11.5 Å². The van der Waals surface area contributed by atoms with Crippen LogP contribution in [0.2, 0.25) is 0 Å². The van der Waals surface area contributed by atoms with Gasteiger partial charge in [-0.15, -0.1) is 0 Å². The fraction of sp³-hybridized carbons (Fsp3) is 0.143. The maximum absolute atomic E-state index is 12.6. The lowest BCUT2D eigenvalue weighted by Crippen LogP contribution is -2.19. The largest absolute Gasteiger partial charge is 0.504 e. The molecule has 22 heavy (non-hydrogen) atoms. The predicted octanol–water partition coefficient (Wildman–Crippen LogP) is 2.67. The van der Waals surface area contributed by atoms with Gasteiger partial charge in [0, 0.05) is 0 Å². The molecular formula is C14H11F3N2O3. The lowest BCUT2D eigenvalue weighted by Gasteiger charge is -2.06. The van der Waals surface area contributed by atoms with Crippen molar-refractivity contribution >= 4 is 12.2 Å². The van der Waals surface area contributed by atoms with E-state index in [4.69, 9.17) is 4.74 Å². The number of nitrogens with one attached hydrogen (secondary N) is 1. The summed E-state index contributed by atoms with van der Waals surface area (Å²) in [6, 6.07) is 5.14. The quantitative estimate of drug-likeness (QED) is 0.913. The molecule has 0 bridgehead atoms. The number of halogens is 3. The van der Waals surface area contributed by atoms with E-state index in [9.17, 15) is 23.1 Å². The van der Waals surface area contributed by atoms with Crippen molar-refractivity contribution in [3.8, 4) is 11.5 Å². The fourth-order valence-corrected chi connectivity index (χ4v) is 1.69. The van der Waals surface area contributed by atoms with Crippen LogP contribution in [0.1, 0.15) is 17.0 Å². The average Bonchev–Trinajstić information content (AvgIpc) is 2.45. The number of nitrogens with zero attached hydrogens (tertiary/aromatic N) is 1. The van der Waals surface area contributed by atoms with E-state index in [0.29, 0.717) is 5.56 Å². The number of rotatable bonds is 3. The van der Waals surface area contributed by atoms with Gasteiger partial charge in [0.1, 0.15) is 5.69 Å². The molecule has 0 aliphatic carbocycles. The molecule has 2 N–H and O–H groups in total. The van der Waals surface area contributed by atoms with Crippen molar-refractivity contribution in [2.45, 2.75) is 6.18 Å². The summed E-state index contributed by atoms with van der Waals surface area (Å²) in [5, 5.41) is 9.45. The summed E-state index contributed by atoms with van der Waals surface area (Å²) in [7, 11) is 1.37. The molecule has 1 aromatic heterocycles. The van der Waals surface area contributed by atoms with E-state index in [1.54, 1.807) is 4.98 Å². The topological polar surface area (TPSA) is 75.2 Å². The third-order valence-electron chi connectivity index (χ3n) is 2.72. The van der Waals surface area contributed by atoms with Gasteiger partial charge >= 0.3 is 11.9 Å². The number of ether oxygens (including phenoxy) is 1. The number of phenolic OH excluding ortho intramolecular Hbond substituents is 1. The van der Waals surface area contributed by atoms with Gasteiger partial charge in [-0.25, -0.2) is 4.79 Å². The van der Waals surface area contributed by atoms with Crippen LogP contribution in [0, 0.1) is 0 Å². The van der Waals surface area contributed by atoms with Crippen LogP contribution >= 0.6 is 0 Å². The first-order valence-corrected chi connectivity index (χ1v) is 6.03. The number of hydrogen-bond donors (Lipinski definition) is 2. The first-order chi connectivity index (χ1) is 10.3. The molecule has 0 unspecified atom stereocenters. The molecule has 0 saturated heterocycles. The van der Waals surface area contributed by atoms with E-state index in [0.717, 1.165) is 6.07 Å². The van der Waals surface area contributed by atoms with Crippen LogP contribution in [0.3, 0.4) is 0 Å². The number of aromatic nitrogens is 2. The number of methoxy groups -OCH3 is 1. The molecule has 8 heteroatoms. The van der Waals surface area contributed by atoms with Gasteiger partial charge in [0.2, 0.25) is 0 Å². The van der Waals surface area contributed by atoms with E-state index in [2.05, 4.69) is 4.98 Å². The molecule has 1 heterocycles. The first kappa shape index (κ1) is 15.6. The molecule has 0 aliphatic heterocycles. The lowest BCUT2D eigenvalue weighted by atomic mass is 10.1. The van der Waals surface area contributed by atoms with Crippen LogP contribution in [0.15, 0.2) is 29.1 Å². The zero-order chi connectivity index (χ0) is 16.3. The van der Waals surface area contributed by atoms with E-state index >= 15 is 0 Å². The molecule has 2 aromatic rings. The van der Waals surface area contributed by atoms with Gasteiger partial charge in [-0.2, -0.15) is 18.2 Å². The first-order valence-electron chi connectivity index (χ1n) is 6.03. The van der Waals surface area contributed by atoms with E-state index < -0.39 is 17.6 Å². The molecule has 2 rings (SSSR count). The fourth-order valence-electron chi connectivity index (χ4n) is 1.69. The molecule has 0 atom stereocenters. The number of alkyl halides is 3. The minimum absolute atomic E-state index is 0.0618. The number of aromatic amines is 1. The van der Waals surface area contributed by atoms with Crippen molar-refractivity contribution in [3.05, 3.63) is 51.7 Å². The van der Waals surface area contributed by atoms with Crippen molar-refractivity contribution in [1.29, 1.82) is 0 Å². The smallest absolute Gasteiger partial charge is 0.431 e. The number of benzene rings is 1. The summed E-state index contributed by atoms with van der Waals surface area (Å²) in [5.74, 6) is 0.158. The molecule has 0 saturated carbocycles. The van der Waals surface area contributed by atoms with Crippen LogP contribution in [0.4, 0.5) is 13.2 Å². The zero-order valence-corrected chi connectivity index (χ0v) is 11.3. The van der Waals surface area contributed by atoms with E-state index in [1.165, 1.54) is 37.5 Å². The van der Waals surface area contributed by atoms with Crippen molar-refractivity contribution in [3.63, 3.8) is 0 Å². The SMILES string of the molecule is COc1cc(/C=C/c2cc(C(F)(F)F)[nH]c(=O)n2)ccc1O. The highest BCUT2D eigenvalue weighted by Gasteiger charge is 2.32. The summed E-state index contributed by atoms with van der Waals surface area (Å²) in [6.45, 7) is 0. The molecule has 0 fully saturated rings. The standard InChI is InChI=1S/C14H11F3N2O3/c1-22-11-6-8(3-5-10(11)20)2-4-9-7-12(14(15,16)17)19-13(21)18-9/h2-7,20H,1H3,(H,18,19,21)/b4-2+. The molecule has 0 spiro atoms. The van der Waals surface area contributed by atoms with Crippen molar-refractivity contribution in [2.75, 3.05) is 7.11 Å². The van der Waals surface area contributed by atoms with Crippen molar-refractivity contribution in [1.82, 2.24) is 9.97 Å². The summed E-state index contributed by atoms with van der Waals surface area (Å²) >= 11 is 0. The molecule has 0 aliphatic rings. The lowest BCUT2D eigenvalue weighted by molar-refractivity contribution is -0.141. The molecular weight excluding hydrogens is 301 g/mol. The number of phenols is 1. The maximum atomic E-state index is 12.6. The average molecular weight is 312 g/mol. The Kier molecular flexibility index (Phi) is 4.20. The normalized spacial score (nSPS) is 11.8. The van der Waals surface area contributed by atoms with Gasteiger partial charge in [0.05, 0.1) is 12.8 Å². The maximum Gasteiger partial charge on any atom is 0.431 e. The molecule has 1 aromatic carbocycles. The van der Waals surface area contributed by atoms with Crippen LogP contribution < -0.4 is 10.4 Å². The number of hydrogen-bond acceptors (Lipinski definition) is 4. The van der Waals surface area contributed by atoms with Gasteiger partial charge in [-0.05, 0) is 29.8 Å². The van der Waals surface area contributed by atoms with Crippen LogP contribution in [-0.2, 0) is 6.18 Å². The Morgan fingerprint density at radius 2 is 2.00 bits per heavy atom. The van der Waals surface area contributed by atoms with Gasteiger partial charge < -0.3 is 14.8 Å². The second-order valence-electron chi connectivity index (χ2n) is 4.29. The minimum Gasteiger partial charge on any atom is -0.504 e. The van der Waals surface area contributed by atoms with Gasteiger partial charge in [-0.1, -0.05) is 12.1 Å². The second kappa shape index (κ2) is 5.92. The number of aromatic hydroxyl groups is 1. The highest BCUT2D eigenvalue weighted by Crippen LogP contribution is 2.28. The van der Waals surface area contributed by atoms with Crippen molar-refractivity contribution < 1.29 is 23.0 Å². The molecule has 0 radical (unpaired) electrons. The van der Waals surface area contributed by atoms with Crippen LogP contribution in [-0.4, -0.2) is 22.2 Å². The predicted molar refractivity (Wildman–Crippen MR) is 73.4 cm³/mol. The summed E-state index contributed by atoms with van der Waals surface area (Å²) in [5.41, 5.74) is -1.83. The Balaban J connectivity index is 2.34. The Morgan fingerprint density at radius 1 is 1.27 bits per heavy atom. The zero-order valence-electron chi connectivity index (χ0n) is 11.3. The van der Waals surface area contributed by atoms with Crippen LogP contribution in [0.25, 0.3) is 12.2 Å². The number of H-pyrrole nitrogens is 1. The van der Waals surface area contributed by atoms with Gasteiger partial charge in [-0.3, -0.25) is 0 Å². The van der Waals surface area contributed by atoms with E-state index in [-0.39, 0.29) is 17.2 Å². The summed E-state index contributed by atoms with van der Waals surface area (Å²) in [4.78, 5) is 16.2. The van der Waals surface area contributed by atoms with E-state index in [1.807, 2.05) is 0 Å².